The first-order valence-corrected chi connectivity index (χ1v) is 12.5. The van der Waals surface area contributed by atoms with Crippen molar-refractivity contribution in [2.75, 3.05) is 0 Å². The van der Waals surface area contributed by atoms with E-state index in [4.69, 9.17) is 0 Å². The molecule has 0 heterocycles. The number of unbranched alkanes of at least 4 members (excludes halogenated alkanes) is 14. The molecule has 0 heteroatoms. The standard InChI is InChI=1S/C26H52/c1-4-7-9-11-12-13-14-15-16-17-18-19-20-21-23-25-26(6-3)24-22-10-8-5-2/h8,10,26H,4-7,9,11-25H2,1-3H3. The van der Waals surface area contributed by atoms with Gasteiger partial charge in [0.1, 0.15) is 0 Å². The highest BCUT2D eigenvalue weighted by Gasteiger charge is 2.04. The lowest BCUT2D eigenvalue weighted by molar-refractivity contribution is 0.414. The molecule has 0 aliphatic heterocycles. The minimum absolute atomic E-state index is 0.971. The molecular weight excluding hydrogens is 312 g/mol. The highest BCUT2D eigenvalue weighted by Crippen LogP contribution is 2.20. The van der Waals surface area contributed by atoms with Gasteiger partial charge in [-0.1, -0.05) is 142 Å². The topological polar surface area (TPSA) is 0 Å². The van der Waals surface area contributed by atoms with Gasteiger partial charge < -0.3 is 0 Å². The van der Waals surface area contributed by atoms with E-state index in [1.165, 1.54) is 128 Å². The van der Waals surface area contributed by atoms with Crippen LogP contribution >= 0.6 is 0 Å². The summed E-state index contributed by atoms with van der Waals surface area (Å²) in [7, 11) is 0. The second-order valence-electron chi connectivity index (χ2n) is 8.47. The molecule has 1 unspecified atom stereocenters. The van der Waals surface area contributed by atoms with Gasteiger partial charge in [-0.25, -0.2) is 0 Å². The molecule has 0 fully saturated rings. The molecule has 26 heavy (non-hydrogen) atoms. The third-order valence-electron chi connectivity index (χ3n) is 5.94. The molecule has 156 valence electrons. The summed E-state index contributed by atoms with van der Waals surface area (Å²) < 4.78 is 0. The molecule has 0 N–H and O–H groups in total. The molecule has 0 nitrogen and oxygen atoms in total. The molecule has 0 spiro atoms. The zero-order chi connectivity index (χ0) is 19.1. The fraction of sp³-hybridized carbons (Fsp3) is 0.923. The van der Waals surface area contributed by atoms with Crippen LogP contribution in [0, 0.1) is 5.92 Å². The van der Waals surface area contributed by atoms with E-state index in [1.54, 1.807) is 0 Å². The van der Waals surface area contributed by atoms with E-state index in [0.29, 0.717) is 0 Å². The van der Waals surface area contributed by atoms with Crippen LogP contribution in [0.5, 0.6) is 0 Å². The Bertz CT molecular complexity index is 265. The molecule has 0 saturated carbocycles. The first-order valence-electron chi connectivity index (χ1n) is 12.5. The summed E-state index contributed by atoms with van der Waals surface area (Å²) in [6.07, 6.45) is 33.5. The van der Waals surface area contributed by atoms with E-state index in [0.717, 1.165) is 5.92 Å². The summed E-state index contributed by atoms with van der Waals surface area (Å²) in [6.45, 7) is 6.90. The van der Waals surface area contributed by atoms with Gasteiger partial charge in [-0.05, 0) is 25.2 Å². The molecule has 0 aliphatic carbocycles. The quantitative estimate of drug-likeness (QED) is 0.140. The minimum Gasteiger partial charge on any atom is -0.0888 e. The Hall–Kier alpha value is -0.260. The van der Waals surface area contributed by atoms with Crippen molar-refractivity contribution in [3.8, 4) is 0 Å². The largest absolute Gasteiger partial charge is 0.0888 e. The zero-order valence-corrected chi connectivity index (χ0v) is 18.9. The number of hydrogen-bond donors (Lipinski definition) is 0. The van der Waals surface area contributed by atoms with Crippen LogP contribution in [-0.4, -0.2) is 0 Å². The summed E-state index contributed by atoms with van der Waals surface area (Å²) in [4.78, 5) is 0. The fourth-order valence-electron chi connectivity index (χ4n) is 3.97. The summed E-state index contributed by atoms with van der Waals surface area (Å²) in [5.41, 5.74) is 0. The molecule has 0 aromatic carbocycles. The van der Waals surface area contributed by atoms with E-state index >= 15 is 0 Å². The van der Waals surface area contributed by atoms with E-state index < -0.39 is 0 Å². The van der Waals surface area contributed by atoms with Gasteiger partial charge in [-0.15, -0.1) is 0 Å². The summed E-state index contributed by atoms with van der Waals surface area (Å²) >= 11 is 0. The number of hydrogen-bond acceptors (Lipinski definition) is 0. The maximum Gasteiger partial charge on any atom is -0.0348 e. The monoisotopic (exact) mass is 364 g/mol. The Kier molecular flexibility index (Phi) is 22.6. The third-order valence-corrected chi connectivity index (χ3v) is 5.94. The van der Waals surface area contributed by atoms with Gasteiger partial charge in [-0.3, -0.25) is 0 Å². The average molecular weight is 365 g/mol. The highest BCUT2D eigenvalue weighted by atomic mass is 14.1. The molecule has 0 aliphatic rings. The van der Waals surface area contributed by atoms with E-state index in [9.17, 15) is 0 Å². The summed E-state index contributed by atoms with van der Waals surface area (Å²) in [5.74, 6) is 0.971. The van der Waals surface area contributed by atoms with Crippen molar-refractivity contribution in [2.24, 2.45) is 5.92 Å². The van der Waals surface area contributed by atoms with Gasteiger partial charge >= 0.3 is 0 Å². The molecule has 0 amide bonds. The van der Waals surface area contributed by atoms with Crippen molar-refractivity contribution in [1.29, 1.82) is 0 Å². The Labute approximate surface area is 167 Å². The van der Waals surface area contributed by atoms with Crippen LogP contribution in [0.25, 0.3) is 0 Å². The molecule has 0 aromatic rings. The van der Waals surface area contributed by atoms with Crippen molar-refractivity contribution in [1.82, 2.24) is 0 Å². The lowest BCUT2D eigenvalue weighted by Gasteiger charge is -2.13. The molecular formula is C26H52. The number of rotatable bonds is 21. The molecule has 0 bridgehead atoms. The maximum atomic E-state index is 2.38. The summed E-state index contributed by atoms with van der Waals surface area (Å²) in [5, 5.41) is 0. The second-order valence-corrected chi connectivity index (χ2v) is 8.47. The smallest absolute Gasteiger partial charge is 0.0348 e. The van der Waals surface area contributed by atoms with Crippen LogP contribution in [0.3, 0.4) is 0 Å². The Balaban J connectivity index is 3.21. The predicted molar refractivity (Wildman–Crippen MR) is 122 cm³/mol. The first kappa shape index (κ1) is 25.7. The molecule has 0 radical (unpaired) electrons. The van der Waals surface area contributed by atoms with Crippen LogP contribution in [0.4, 0.5) is 0 Å². The third kappa shape index (κ3) is 20.1. The van der Waals surface area contributed by atoms with Crippen molar-refractivity contribution in [3.05, 3.63) is 12.2 Å². The van der Waals surface area contributed by atoms with Crippen LogP contribution in [0.2, 0.25) is 0 Å². The van der Waals surface area contributed by atoms with E-state index in [-0.39, 0.29) is 0 Å². The normalized spacial score (nSPS) is 12.9. The van der Waals surface area contributed by atoms with Gasteiger partial charge in [0, 0.05) is 0 Å². The minimum atomic E-state index is 0.971. The average Bonchev–Trinajstić information content (AvgIpc) is 2.66. The highest BCUT2D eigenvalue weighted by molar-refractivity contribution is 4.80. The van der Waals surface area contributed by atoms with Crippen LogP contribution < -0.4 is 0 Å². The fourth-order valence-corrected chi connectivity index (χ4v) is 3.97. The lowest BCUT2D eigenvalue weighted by Crippen LogP contribution is -1.98. The Morgan fingerprint density at radius 3 is 1.38 bits per heavy atom. The van der Waals surface area contributed by atoms with Crippen molar-refractivity contribution in [3.63, 3.8) is 0 Å². The predicted octanol–water partition coefficient (Wildman–Crippen LogP) is 10.0. The van der Waals surface area contributed by atoms with E-state index in [2.05, 4.69) is 32.9 Å². The van der Waals surface area contributed by atoms with Gasteiger partial charge in [0.05, 0.1) is 0 Å². The van der Waals surface area contributed by atoms with Crippen molar-refractivity contribution < 1.29 is 0 Å². The molecule has 1 atom stereocenters. The van der Waals surface area contributed by atoms with Gasteiger partial charge in [0.25, 0.3) is 0 Å². The van der Waals surface area contributed by atoms with Gasteiger partial charge in [0.2, 0.25) is 0 Å². The Morgan fingerprint density at radius 1 is 0.500 bits per heavy atom. The Morgan fingerprint density at radius 2 is 0.962 bits per heavy atom. The first-order chi connectivity index (χ1) is 12.8. The van der Waals surface area contributed by atoms with Crippen LogP contribution in [-0.2, 0) is 0 Å². The van der Waals surface area contributed by atoms with Gasteiger partial charge in [-0.2, -0.15) is 0 Å². The summed E-state index contributed by atoms with van der Waals surface area (Å²) in [6, 6.07) is 0. The van der Waals surface area contributed by atoms with Crippen molar-refractivity contribution in [2.45, 2.75) is 149 Å². The van der Waals surface area contributed by atoms with Gasteiger partial charge in [0.15, 0.2) is 0 Å². The molecule has 0 saturated heterocycles. The maximum absolute atomic E-state index is 2.38. The van der Waals surface area contributed by atoms with Crippen LogP contribution in [0.1, 0.15) is 149 Å². The molecule has 0 rings (SSSR count). The van der Waals surface area contributed by atoms with E-state index in [1.807, 2.05) is 0 Å². The lowest BCUT2D eigenvalue weighted by atomic mass is 9.93. The van der Waals surface area contributed by atoms with Crippen LogP contribution in [0.15, 0.2) is 12.2 Å². The van der Waals surface area contributed by atoms with Crippen molar-refractivity contribution >= 4 is 0 Å². The zero-order valence-electron chi connectivity index (χ0n) is 18.9. The molecule has 0 aromatic heterocycles. The SMILES string of the molecule is CCC=CCCC(CC)CCCCCCCCCCCCCCCCC. The second kappa shape index (κ2) is 22.8. The number of allylic oxidation sites excluding steroid dienone is 2.